The fourth-order valence-corrected chi connectivity index (χ4v) is 3.49. The average molecular weight is 342 g/mol. The average Bonchev–Trinajstić information content (AvgIpc) is 2.45. The highest BCUT2D eigenvalue weighted by atomic mass is 35.5. The largest absolute Gasteiger partial charge is 0.243 e. The lowest BCUT2D eigenvalue weighted by Gasteiger charge is -2.19. The number of nitrogens with zero attached hydrogens (tertiary/aromatic N) is 1. The van der Waals surface area contributed by atoms with Gasteiger partial charge in [-0.3, -0.25) is 0 Å². The van der Waals surface area contributed by atoms with Gasteiger partial charge in [-0.1, -0.05) is 23.7 Å². The van der Waals surface area contributed by atoms with Crippen LogP contribution in [0.1, 0.15) is 16.7 Å². The molecule has 3 nitrogen and oxygen atoms in total. The second-order valence-electron chi connectivity index (χ2n) is 5.21. The first-order chi connectivity index (χ1) is 10.2. The van der Waals surface area contributed by atoms with Crippen molar-refractivity contribution in [2.45, 2.75) is 25.3 Å². The van der Waals surface area contributed by atoms with Gasteiger partial charge < -0.3 is 0 Å². The van der Waals surface area contributed by atoms with Gasteiger partial charge in [-0.2, -0.15) is 4.31 Å². The molecule has 22 heavy (non-hydrogen) atoms. The van der Waals surface area contributed by atoms with Crippen molar-refractivity contribution < 1.29 is 12.8 Å². The Bertz CT molecular complexity index is 786. The summed E-state index contributed by atoms with van der Waals surface area (Å²) in [5.74, 6) is -0.519. The SMILES string of the molecule is Cc1ccc(S(=O)(=O)N(C)Cc2c(F)cccc2Cl)cc1C. The molecule has 0 aliphatic heterocycles. The standard InChI is InChI=1S/C16H17ClFNO2S/c1-11-7-8-13(9-12(11)2)22(20,21)19(3)10-14-15(17)5-4-6-16(14)18/h4-9H,10H2,1-3H3. The molecule has 0 N–H and O–H groups in total. The van der Waals surface area contributed by atoms with Crippen molar-refractivity contribution in [3.8, 4) is 0 Å². The quantitative estimate of drug-likeness (QED) is 0.845. The minimum atomic E-state index is -3.70. The van der Waals surface area contributed by atoms with Crippen LogP contribution < -0.4 is 0 Å². The van der Waals surface area contributed by atoms with Crippen LogP contribution in [0.5, 0.6) is 0 Å². The molecule has 0 spiro atoms. The van der Waals surface area contributed by atoms with Crippen molar-refractivity contribution in [3.63, 3.8) is 0 Å². The van der Waals surface area contributed by atoms with Gasteiger partial charge in [0.05, 0.1) is 4.90 Å². The third-order valence-electron chi connectivity index (χ3n) is 3.63. The second kappa shape index (κ2) is 6.36. The zero-order chi connectivity index (χ0) is 16.5. The Hall–Kier alpha value is -1.43. The van der Waals surface area contributed by atoms with Gasteiger partial charge in [0, 0.05) is 24.2 Å². The number of sulfonamides is 1. The highest BCUT2D eigenvalue weighted by Crippen LogP contribution is 2.24. The fourth-order valence-electron chi connectivity index (χ4n) is 2.05. The van der Waals surface area contributed by atoms with Crippen molar-refractivity contribution in [2.24, 2.45) is 0 Å². The predicted octanol–water partition coefficient (Wildman–Crippen LogP) is 3.92. The Morgan fingerprint density at radius 3 is 2.41 bits per heavy atom. The maximum absolute atomic E-state index is 13.8. The third-order valence-corrected chi connectivity index (χ3v) is 5.78. The Kier molecular flexibility index (Phi) is 4.90. The summed E-state index contributed by atoms with van der Waals surface area (Å²) in [7, 11) is -2.29. The zero-order valence-electron chi connectivity index (χ0n) is 12.6. The first-order valence-corrected chi connectivity index (χ1v) is 8.52. The zero-order valence-corrected chi connectivity index (χ0v) is 14.2. The van der Waals surface area contributed by atoms with Crippen LogP contribution in [0.3, 0.4) is 0 Å². The van der Waals surface area contributed by atoms with Gasteiger partial charge in [0.1, 0.15) is 5.82 Å². The molecule has 0 unspecified atom stereocenters. The maximum atomic E-state index is 13.8. The molecule has 2 rings (SSSR count). The monoisotopic (exact) mass is 341 g/mol. The maximum Gasteiger partial charge on any atom is 0.243 e. The van der Waals surface area contributed by atoms with E-state index in [9.17, 15) is 12.8 Å². The molecule has 0 saturated carbocycles. The number of benzene rings is 2. The Morgan fingerprint density at radius 2 is 1.82 bits per heavy atom. The normalized spacial score (nSPS) is 11.9. The molecule has 0 aliphatic carbocycles. The molecule has 0 heterocycles. The topological polar surface area (TPSA) is 37.4 Å². The van der Waals surface area contributed by atoms with E-state index in [4.69, 9.17) is 11.6 Å². The number of halogens is 2. The number of hydrogen-bond acceptors (Lipinski definition) is 2. The molecule has 2 aromatic rings. The van der Waals surface area contributed by atoms with Crippen molar-refractivity contribution in [3.05, 3.63) is 63.9 Å². The van der Waals surface area contributed by atoms with Gasteiger partial charge >= 0.3 is 0 Å². The molecule has 0 atom stereocenters. The van der Waals surface area contributed by atoms with Crippen LogP contribution in [0.2, 0.25) is 5.02 Å². The van der Waals surface area contributed by atoms with Crippen LogP contribution >= 0.6 is 11.6 Å². The summed E-state index contributed by atoms with van der Waals surface area (Å²) in [4.78, 5) is 0.186. The smallest absolute Gasteiger partial charge is 0.207 e. The third kappa shape index (κ3) is 3.32. The molecule has 6 heteroatoms. The van der Waals surface area contributed by atoms with Gasteiger partial charge in [0.15, 0.2) is 0 Å². The lowest BCUT2D eigenvalue weighted by Crippen LogP contribution is -2.27. The minimum Gasteiger partial charge on any atom is -0.207 e. The number of aryl methyl sites for hydroxylation is 2. The van der Waals surface area contributed by atoms with Crippen molar-refractivity contribution in [1.29, 1.82) is 0 Å². The number of rotatable bonds is 4. The highest BCUT2D eigenvalue weighted by molar-refractivity contribution is 7.89. The Labute approximate surface area is 135 Å². The van der Waals surface area contributed by atoms with E-state index in [1.807, 2.05) is 13.8 Å². The van der Waals surface area contributed by atoms with E-state index in [1.54, 1.807) is 18.2 Å². The molecule has 0 bridgehead atoms. The van der Waals surface area contributed by atoms with Gasteiger partial charge in [-0.25, -0.2) is 12.8 Å². The van der Waals surface area contributed by atoms with E-state index < -0.39 is 15.8 Å². The van der Waals surface area contributed by atoms with Crippen molar-refractivity contribution in [1.82, 2.24) is 4.31 Å². The van der Waals surface area contributed by atoms with Crippen LogP contribution in [0.25, 0.3) is 0 Å². The molecule has 118 valence electrons. The Balaban J connectivity index is 2.35. The number of hydrogen-bond donors (Lipinski definition) is 0. The van der Waals surface area contributed by atoms with Crippen LogP contribution in [-0.2, 0) is 16.6 Å². The molecule has 0 radical (unpaired) electrons. The molecular weight excluding hydrogens is 325 g/mol. The summed E-state index contributed by atoms with van der Waals surface area (Å²) >= 11 is 5.95. The van der Waals surface area contributed by atoms with Crippen molar-refractivity contribution >= 4 is 21.6 Å². The fraction of sp³-hybridized carbons (Fsp3) is 0.250. The minimum absolute atomic E-state index is 0.124. The lowest BCUT2D eigenvalue weighted by molar-refractivity contribution is 0.456. The van der Waals surface area contributed by atoms with Crippen molar-refractivity contribution in [2.75, 3.05) is 7.05 Å². The first-order valence-electron chi connectivity index (χ1n) is 6.70. The first kappa shape index (κ1) is 16.9. The summed E-state index contributed by atoms with van der Waals surface area (Å²) < 4.78 is 40.1. The Morgan fingerprint density at radius 1 is 1.14 bits per heavy atom. The molecule has 0 aliphatic rings. The van der Waals surface area contributed by atoms with E-state index in [0.717, 1.165) is 15.4 Å². The highest BCUT2D eigenvalue weighted by Gasteiger charge is 2.23. The summed E-state index contributed by atoms with van der Waals surface area (Å²) in [5.41, 5.74) is 2.07. The molecule has 0 fully saturated rings. The van der Waals surface area contributed by atoms with Gasteiger partial charge in [0.2, 0.25) is 10.0 Å². The predicted molar refractivity (Wildman–Crippen MR) is 86.0 cm³/mol. The van der Waals surface area contributed by atoms with Crippen LogP contribution in [0.4, 0.5) is 4.39 Å². The molecular formula is C16H17ClFNO2S. The van der Waals surface area contributed by atoms with Crippen LogP contribution in [0, 0.1) is 19.7 Å². The second-order valence-corrected chi connectivity index (χ2v) is 7.66. The van der Waals surface area contributed by atoms with E-state index in [0.29, 0.717) is 0 Å². The molecule has 0 saturated heterocycles. The van der Waals surface area contributed by atoms with Gasteiger partial charge in [0.25, 0.3) is 0 Å². The van der Waals surface area contributed by atoms with Gasteiger partial charge in [-0.15, -0.1) is 0 Å². The van der Waals surface area contributed by atoms with Gasteiger partial charge in [-0.05, 0) is 49.2 Å². The molecule has 0 amide bonds. The lowest BCUT2D eigenvalue weighted by atomic mass is 10.1. The van der Waals surface area contributed by atoms with E-state index >= 15 is 0 Å². The summed E-state index contributed by atoms with van der Waals surface area (Å²) in [6.07, 6.45) is 0. The van der Waals surface area contributed by atoms with E-state index in [2.05, 4.69) is 0 Å². The van der Waals surface area contributed by atoms with Crippen LogP contribution in [0.15, 0.2) is 41.3 Å². The van der Waals surface area contributed by atoms with Crippen LogP contribution in [-0.4, -0.2) is 19.8 Å². The summed E-state index contributed by atoms with van der Waals surface area (Å²) in [6, 6.07) is 9.21. The summed E-state index contributed by atoms with van der Waals surface area (Å²) in [6.45, 7) is 3.64. The molecule has 0 aromatic heterocycles. The summed E-state index contributed by atoms with van der Waals surface area (Å²) in [5, 5.41) is 0.210. The van der Waals surface area contributed by atoms with E-state index in [1.165, 1.54) is 25.2 Å². The van der Waals surface area contributed by atoms with E-state index in [-0.39, 0.29) is 22.0 Å². The molecule has 2 aromatic carbocycles.